The molecule has 0 aliphatic heterocycles. The van der Waals surface area contributed by atoms with E-state index in [0.29, 0.717) is 43.2 Å². The van der Waals surface area contributed by atoms with Crippen molar-refractivity contribution >= 4 is 17.3 Å². The summed E-state index contributed by atoms with van der Waals surface area (Å²) in [5, 5.41) is 11.5. The van der Waals surface area contributed by atoms with Gasteiger partial charge in [-0.2, -0.15) is 5.26 Å². The number of anilines is 2. The molecule has 0 heterocycles. The average molecular weight is 288 g/mol. The maximum atomic E-state index is 12.0. The van der Waals surface area contributed by atoms with Gasteiger partial charge in [0, 0.05) is 32.5 Å². The minimum Gasteiger partial charge on any atom is -0.397 e. The maximum Gasteiger partial charge on any atom is 0.225 e. The number of para-hydroxylation sites is 2. The van der Waals surface area contributed by atoms with Crippen LogP contribution < -0.4 is 11.1 Å². The molecule has 0 saturated carbocycles. The Hall–Kier alpha value is -2.06. The number of hydrogen-bond donors (Lipinski definition) is 2. The number of benzene rings is 1. The lowest BCUT2D eigenvalue weighted by atomic mass is 10.2. The van der Waals surface area contributed by atoms with Crippen LogP contribution in [0.4, 0.5) is 11.4 Å². The van der Waals surface area contributed by atoms with Crippen LogP contribution in [0.3, 0.4) is 0 Å². The lowest BCUT2D eigenvalue weighted by Gasteiger charge is -2.22. The summed E-state index contributed by atoms with van der Waals surface area (Å²) < 4.78 is 0. The van der Waals surface area contributed by atoms with E-state index in [1.54, 1.807) is 12.1 Å². The summed E-state index contributed by atoms with van der Waals surface area (Å²) in [4.78, 5) is 14.1. The van der Waals surface area contributed by atoms with Crippen LogP contribution in [0.15, 0.2) is 24.3 Å². The Labute approximate surface area is 126 Å². The number of nitrogens with two attached hydrogens (primary N) is 1. The molecule has 0 aromatic heterocycles. The molecular formula is C16H24N4O. The molecule has 0 fully saturated rings. The van der Waals surface area contributed by atoms with Crippen LogP contribution in [0, 0.1) is 17.2 Å². The number of amides is 1. The Kier molecular flexibility index (Phi) is 7.27. The second kappa shape index (κ2) is 8.98. The van der Waals surface area contributed by atoms with Gasteiger partial charge in [-0.1, -0.05) is 26.0 Å². The van der Waals surface area contributed by atoms with Crippen molar-refractivity contribution < 1.29 is 4.79 Å². The Bertz CT molecular complexity index is 493. The van der Waals surface area contributed by atoms with Gasteiger partial charge in [-0.25, -0.2) is 0 Å². The van der Waals surface area contributed by atoms with Gasteiger partial charge in [0.25, 0.3) is 0 Å². The highest BCUT2D eigenvalue weighted by Gasteiger charge is 2.10. The molecule has 0 atom stereocenters. The Morgan fingerprint density at radius 3 is 2.71 bits per heavy atom. The molecule has 0 radical (unpaired) electrons. The number of nitrogen functional groups attached to an aromatic ring is 1. The van der Waals surface area contributed by atoms with Gasteiger partial charge in [0.1, 0.15) is 0 Å². The van der Waals surface area contributed by atoms with E-state index < -0.39 is 0 Å². The van der Waals surface area contributed by atoms with Gasteiger partial charge in [-0.15, -0.1) is 0 Å². The molecule has 0 unspecified atom stereocenters. The third-order valence-electron chi connectivity index (χ3n) is 3.05. The normalized spacial score (nSPS) is 10.6. The molecule has 0 bridgehead atoms. The van der Waals surface area contributed by atoms with Crippen molar-refractivity contribution in [3.05, 3.63) is 24.3 Å². The highest BCUT2D eigenvalue weighted by molar-refractivity contribution is 5.93. The van der Waals surface area contributed by atoms with Crippen molar-refractivity contribution in [2.75, 3.05) is 30.7 Å². The first-order chi connectivity index (χ1) is 10.0. The van der Waals surface area contributed by atoms with Crippen LogP contribution in [0.1, 0.15) is 26.7 Å². The Balaban J connectivity index is 2.45. The number of nitrogens with zero attached hydrogens (tertiary/aromatic N) is 2. The van der Waals surface area contributed by atoms with Crippen LogP contribution in [-0.4, -0.2) is 30.4 Å². The summed E-state index contributed by atoms with van der Waals surface area (Å²) in [5.41, 5.74) is 7.01. The van der Waals surface area contributed by atoms with E-state index in [0.717, 1.165) is 6.54 Å². The van der Waals surface area contributed by atoms with Gasteiger partial charge in [-0.05, 0) is 18.1 Å². The zero-order valence-electron chi connectivity index (χ0n) is 12.8. The Morgan fingerprint density at radius 1 is 1.38 bits per heavy atom. The van der Waals surface area contributed by atoms with Crippen LogP contribution in [0.25, 0.3) is 0 Å². The zero-order chi connectivity index (χ0) is 15.7. The first kappa shape index (κ1) is 17.0. The largest absolute Gasteiger partial charge is 0.397 e. The lowest BCUT2D eigenvalue weighted by Crippen LogP contribution is -2.32. The van der Waals surface area contributed by atoms with E-state index in [-0.39, 0.29) is 5.91 Å². The predicted octanol–water partition coefficient (Wildman–Crippen LogP) is 2.47. The molecule has 114 valence electrons. The second-order valence-corrected chi connectivity index (χ2v) is 5.49. The van der Waals surface area contributed by atoms with E-state index in [1.807, 2.05) is 12.1 Å². The minimum atomic E-state index is -0.0568. The van der Waals surface area contributed by atoms with Gasteiger partial charge in [0.2, 0.25) is 5.91 Å². The topological polar surface area (TPSA) is 82.2 Å². The maximum absolute atomic E-state index is 12.0. The second-order valence-electron chi connectivity index (χ2n) is 5.49. The quantitative estimate of drug-likeness (QED) is 0.720. The number of hydrogen-bond acceptors (Lipinski definition) is 4. The molecule has 0 aliphatic carbocycles. The summed E-state index contributed by atoms with van der Waals surface area (Å²) >= 11 is 0. The van der Waals surface area contributed by atoms with Crippen molar-refractivity contribution in [3.63, 3.8) is 0 Å². The van der Waals surface area contributed by atoms with Crippen molar-refractivity contribution in [2.24, 2.45) is 5.92 Å². The highest BCUT2D eigenvalue weighted by Crippen LogP contribution is 2.16. The summed E-state index contributed by atoms with van der Waals surface area (Å²) in [5.74, 6) is 0.454. The third-order valence-corrected chi connectivity index (χ3v) is 3.05. The molecule has 1 aromatic carbocycles. The molecule has 5 heteroatoms. The summed E-state index contributed by atoms with van der Waals surface area (Å²) in [6, 6.07) is 9.36. The van der Waals surface area contributed by atoms with Gasteiger partial charge in [0.05, 0.1) is 17.4 Å². The minimum absolute atomic E-state index is 0.0568. The fourth-order valence-corrected chi connectivity index (χ4v) is 2.10. The third kappa shape index (κ3) is 6.77. The molecule has 1 amide bonds. The van der Waals surface area contributed by atoms with Gasteiger partial charge < -0.3 is 16.0 Å². The lowest BCUT2D eigenvalue weighted by molar-refractivity contribution is -0.116. The number of nitriles is 1. The van der Waals surface area contributed by atoms with Gasteiger partial charge in [-0.3, -0.25) is 4.79 Å². The average Bonchev–Trinajstić information content (AvgIpc) is 2.44. The molecule has 3 N–H and O–H groups in total. The fourth-order valence-electron chi connectivity index (χ4n) is 2.10. The number of carbonyl (C=O) groups is 1. The van der Waals surface area contributed by atoms with E-state index in [4.69, 9.17) is 11.0 Å². The number of rotatable bonds is 8. The van der Waals surface area contributed by atoms with Gasteiger partial charge >= 0.3 is 0 Å². The Morgan fingerprint density at radius 2 is 2.10 bits per heavy atom. The molecule has 0 aliphatic rings. The van der Waals surface area contributed by atoms with Crippen LogP contribution >= 0.6 is 0 Å². The molecule has 0 spiro atoms. The highest BCUT2D eigenvalue weighted by atomic mass is 16.1. The molecule has 5 nitrogen and oxygen atoms in total. The van der Waals surface area contributed by atoms with E-state index in [2.05, 4.69) is 30.1 Å². The van der Waals surface area contributed by atoms with Crippen LogP contribution in [0.2, 0.25) is 0 Å². The molecule has 21 heavy (non-hydrogen) atoms. The molecule has 1 aromatic rings. The standard InChI is InChI=1S/C16H24N4O/c1-13(2)12-20(10-5-9-17)11-8-16(21)19-15-7-4-3-6-14(15)18/h3-4,6-7,13H,5,8,10-12,18H2,1-2H3,(H,19,21). The molecule has 1 rings (SSSR count). The van der Waals surface area contributed by atoms with E-state index in [1.165, 1.54) is 0 Å². The predicted molar refractivity (Wildman–Crippen MR) is 85.6 cm³/mol. The van der Waals surface area contributed by atoms with Crippen molar-refractivity contribution in [1.29, 1.82) is 5.26 Å². The fraction of sp³-hybridized carbons (Fsp3) is 0.500. The number of nitrogens with one attached hydrogen (secondary N) is 1. The SMILES string of the molecule is CC(C)CN(CCC#N)CCC(=O)Nc1ccccc1N. The van der Waals surface area contributed by atoms with E-state index in [9.17, 15) is 4.79 Å². The van der Waals surface area contributed by atoms with Crippen molar-refractivity contribution in [2.45, 2.75) is 26.7 Å². The van der Waals surface area contributed by atoms with Crippen LogP contribution in [-0.2, 0) is 4.79 Å². The summed E-state index contributed by atoms with van der Waals surface area (Å²) in [7, 11) is 0. The molecular weight excluding hydrogens is 264 g/mol. The molecule has 0 saturated heterocycles. The monoisotopic (exact) mass is 288 g/mol. The zero-order valence-corrected chi connectivity index (χ0v) is 12.8. The summed E-state index contributed by atoms with van der Waals surface area (Å²) in [6.07, 6.45) is 0.881. The first-order valence-electron chi connectivity index (χ1n) is 7.26. The summed E-state index contributed by atoms with van der Waals surface area (Å²) in [6.45, 7) is 6.50. The van der Waals surface area contributed by atoms with Gasteiger partial charge in [0.15, 0.2) is 0 Å². The van der Waals surface area contributed by atoms with Crippen molar-refractivity contribution in [1.82, 2.24) is 4.90 Å². The van der Waals surface area contributed by atoms with E-state index >= 15 is 0 Å². The smallest absolute Gasteiger partial charge is 0.225 e. The number of carbonyl (C=O) groups excluding carboxylic acids is 1. The van der Waals surface area contributed by atoms with Crippen molar-refractivity contribution in [3.8, 4) is 6.07 Å². The van der Waals surface area contributed by atoms with Crippen LogP contribution in [0.5, 0.6) is 0 Å². The first-order valence-corrected chi connectivity index (χ1v) is 7.26.